The van der Waals surface area contributed by atoms with Gasteiger partial charge in [-0.3, -0.25) is 0 Å². The zero-order chi connectivity index (χ0) is 13.0. The van der Waals surface area contributed by atoms with E-state index in [0.29, 0.717) is 17.9 Å². The summed E-state index contributed by atoms with van der Waals surface area (Å²) in [7, 11) is 0. The van der Waals surface area contributed by atoms with Crippen LogP contribution in [0.1, 0.15) is 16.1 Å². The van der Waals surface area contributed by atoms with Gasteiger partial charge in [0.15, 0.2) is 0 Å². The predicted octanol–water partition coefficient (Wildman–Crippen LogP) is 0.764. The highest BCUT2D eigenvalue weighted by molar-refractivity contribution is 5.94. The molecule has 18 heavy (non-hydrogen) atoms. The van der Waals surface area contributed by atoms with Crippen LogP contribution in [0.2, 0.25) is 0 Å². The third kappa shape index (κ3) is 2.70. The highest BCUT2D eigenvalue weighted by Gasteiger charge is 2.11. The lowest BCUT2D eigenvalue weighted by atomic mass is 10.2. The van der Waals surface area contributed by atoms with E-state index in [0.717, 1.165) is 0 Å². The lowest BCUT2D eigenvalue weighted by molar-refractivity contribution is 0.0697. The smallest absolute Gasteiger partial charge is 0.339 e. The lowest BCUT2D eigenvalue weighted by Crippen LogP contribution is -2.10. The van der Waals surface area contributed by atoms with Crippen LogP contribution in [0.15, 0.2) is 30.6 Å². The Kier molecular flexibility index (Phi) is 3.33. The van der Waals surface area contributed by atoms with Gasteiger partial charge in [0.1, 0.15) is 11.4 Å². The maximum atomic E-state index is 11.0. The van der Waals surface area contributed by atoms with Gasteiger partial charge < -0.3 is 16.2 Å². The number of carbonyl (C=O) groups is 1. The number of pyridine rings is 1. The second kappa shape index (κ2) is 5.09. The molecular weight excluding hydrogens is 234 g/mol. The van der Waals surface area contributed by atoms with E-state index in [4.69, 9.17) is 10.8 Å². The van der Waals surface area contributed by atoms with E-state index in [-0.39, 0.29) is 11.4 Å². The molecule has 7 heteroatoms. The standard InChI is InChI=1S/C11H11N5O2/c12-7-4-9(11(17)18)10(13-5-7)14-6-8-2-1-3-15-16-8/h1-5H,6,12H2,(H,13,14)(H,17,18). The van der Waals surface area contributed by atoms with E-state index in [1.807, 2.05) is 0 Å². The van der Waals surface area contributed by atoms with Crippen LogP contribution < -0.4 is 11.1 Å². The molecule has 0 unspecified atom stereocenters. The Morgan fingerprint density at radius 1 is 1.50 bits per heavy atom. The molecule has 0 amide bonds. The first kappa shape index (κ1) is 11.8. The van der Waals surface area contributed by atoms with E-state index < -0.39 is 5.97 Å². The first-order chi connectivity index (χ1) is 8.66. The summed E-state index contributed by atoms with van der Waals surface area (Å²) in [6, 6.07) is 4.88. The molecule has 0 spiro atoms. The molecule has 0 bridgehead atoms. The highest BCUT2D eigenvalue weighted by Crippen LogP contribution is 2.15. The Morgan fingerprint density at radius 3 is 3.00 bits per heavy atom. The van der Waals surface area contributed by atoms with Gasteiger partial charge in [-0.15, -0.1) is 0 Å². The number of aromatic nitrogens is 3. The predicted molar refractivity (Wildman–Crippen MR) is 65.0 cm³/mol. The molecule has 0 saturated heterocycles. The largest absolute Gasteiger partial charge is 0.478 e. The molecule has 2 heterocycles. The second-order valence-corrected chi connectivity index (χ2v) is 3.54. The maximum absolute atomic E-state index is 11.0. The SMILES string of the molecule is Nc1cnc(NCc2cccnn2)c(C(=O)O)c1. The Bertz CT molecular complexity index is 559. The Hall–Kier alpha value is -2.70. The minimum absolute atomic E-state index is 0.0268. The summed E-state index contributed by atoms with van der Waals surface area (Å²) in [5.41, 5.74) is 6.51. The average molecular weight is 245 g/mol. The summed E-state index contributed by atoms with van der Waals surface area (Å²) in [5, 5.41) is 19.5. The van der Waals surface area contributed by atoms with Crippen LogP contribution in [0.4, 0.5) is 11.5 Å². The van der Waals surface area contributed by atoms with Crippen molar-refractivity contribution in [2.45, 2.75) is 6.54 Å². The van der Waals surface area contributed by atoms with Crippen molar-refractivity contribution in [1.29, 1.82) is 0 Å². The van der Waals surface area contributed by atoms with Gasteiger partial charge in [0.2, 0.25) is 0 Å². The van der Waals surface area contributed by atoms with E-state index in [1.165, 1.54) is 12.3 Å². The Labute approximate surface area is 103 Å². The van der Waals surface area contributed by atoms with Crippen molar-refractivity contribution in [2.24, 2.45) is 0 Å². The summed E-state index contributed by atoms with van der Waals surface area (Å²) in [5.74, 6) is -0.834. The summed E-state index contributed by atoms with van der Waals surface area (Å²) < 4.78 is 0. The minimum atomic E-state index is -1.09. The van der Waals surface area contributed by atoms with Crippen LogP contribution in [0, 0.1) is 0 Å². The fourth-order valence-corrected chi connectivity index (χ4v) is 1.39. The third-order valence-electron chi connectivity index (χ3n) is 2.20. The molecule has 0 saturated carbocycles. The van der Waals surface area contributed by atoms with Crippen LogP contribution in [0.3, 0.4) is 0 Å². The number of anilines is 2. The molecular formula is C11H11N5O2. The van der Waals surface area contributed by atoms with Crippen molar-refractivity contribution in [3.05, 3.63) is 41.9 Å². The molecule has 2 rings (SSSR count). The second-order valence-electron chi connectivity index (χ2n) is 3.54. The van der Waals surface area contributed by atoms with Crippen molar-refractivity contribution in [2.75, 3.05) is 11.1 Å². The average Bonchev–Trinajstić information content (AvgIpc) is 2.38. The molecule has 0 aliphatic carbocycles. The molecule has 0 aromatic carbocycles. The normalized spacial score (nSPS) is 10.0. The van der Waals surface area contributed by atoms with Crippen LogP contribution in [-0.2, 0) is 6.54 Å². The van der Waals surface area contributed by atoms with E-state index >= 15 is 0 Å². The van der Waals surface area contributed by atoms with Gasteiger partial charge in [-0.2, -0.15) is 10.2 Å². The van der Waals surface area contributed by atoms with Gasteiger partial charge in [-0.1, -0.05) is 0 Å². The van der Waals surface area contributed by atoms with Crippen molar-refractivity contribution < 1.29 is 9.90 Å². The van der Waals surface area contributed by atoms with Gasteiger partial charge in [0, 0.05) is 6.20 Å². The number of carboxylic acid groups (broad SMARTS) is 1. The fraction of sp³-hybridized carbons (Fsp3) is 0.0909. The van der Waals surface area contributed by atoms with Gasteiger partial charge >= 0.3 is 5.97 Å². The number of nitrogen functional groups attached to an aromatic ring is 1. The topological polar surface area (TPSA) is 114 Å². The first-order valence-corrected chi connectivity index (χ1v) is 5.16. The number of nitrogens with zero attached hydrogens (tertiary/aromatic N) is 3. The molecule has 0 aliphatic rings. The molecule has 0 fully saturated rings. The van der Waals surface area contributed by atoms with Crippen LogP contribution >= 0.6 is 0 Å². The van der Waals surface area contributed by atoms with Crippen molar-refractivity contribution in [1.82, 2.24) is 15.2 Å². The minimum Gasteiger partial charge on any atom is -0.478 e. The molecule has 0 radical (unpaired) electrons. The maximum Gasteiger partial charge on any atom is 0.339 e. The molecule has 0 aliphatic heterocycles. The van der Waals surface area contributed by atoms with Gasteiger partial charge in [0.05, 0.1) is 24.1 Å². The quantitative estimate of drug-likeness (QED) is 0.728. The molecule has 4 N–H and O–H groups in total. The summed E-state index contributed by atoms with van der Waals surface area (Å²) in [4.78, 5) is 15.0. The zero-order valence-corrected chi connectivity index (χ0v) is 9.37. The lowest BCUT2D eigenvalue weighted by Gasteiger charge is -2.08. The van der Waals surface area contributed by atoms with E-state index in [9.17, 15) is 4.79 Å². The molecule has 92 valence electrons. The fourth-order valence-electron chi connectivity index (χ4n) is 1.39. The third-order valence-corrected chi connectivity index (χ3v) is 2.20. The molecule has 2 aromatic heterocycles. The van der Waals surface area contributed by atoms with Gasteiger partial charge in [-0.25, -0.2) is 9.78 Å². The van der Waals surface area contributed by atoms with E-state index in [2.05, 4.69) is 20.5 Å². The Balaban J connectivity index is 2.17. The number of hydrogen-bond donors (Lipinski definition) is 3. The molecule has 7 nitrogen and oxygen atoms in total. The zero-order valence-electron chi connectivity index (χ0n) is 9.37. The first-order valence-electron chi connectivity index (χ1n) is 5.16. The van der Waals surface area contributed by atoms with Crippen LogP contribution in [-0.4, -0.2) is 26.3 Å². The van der Waals surface area contributed by atoms with Gasteiger partial charge in [0.25, 0.3) is 0 Å². The number of aromatic carboxylic acids is 1. The van der Waals surface area contributed by atoms with Crippen molar-refractivity contribution in [3.63, 3.8) is 0 Å². The number of hydrogen-bond acceptors (Lipinski definition) is 6. The summed E-state index contributed by atoms with van der Waals surface area (Å²) >= 11 is 0. The number of carboxylic acids is 1. The number of nitrogens with one attached hydrogen (secondary N) is 1. The van der Waals surface area contributed by atoms with Crippen LogP contribution in [0.5, 0.6) is 0 Å². The highest BCUT2D eigenvalue weighted by atomic mass is 16.4. The Morgan fingerprint density at radius 2 is 2.33 bits per heavy atom. The molecule has 0 atom stereocenters. The number of nitrogens with two attached hydrogens (primary N) is 1. The number of rotatable bonds is 4. The van der Waals surface area contributed by atoms with Gasteiger partial charge in [-0.05, 0) is 18.2 Å². The monoisotopic (exact) mass is 245 g/mol. The van der Waals surface area contributed by atoms with Crippen molar-refractivity contribution >= 4 is 17.5 Å². The summed E-state index contributed by atoms with van der Waals surface area (Å²) in [6.07, 6.45) is 2.96. The van der Waals surface area contributed by atoms with E-state index in [1.54, 1.807) is 18.3 Å². The van der Waals surface area contributed by atoms with Crippen molar-refractivity contribution in [3.8, 4) is 0 Å². The molecule has 2 aromatic rings. The van der Waals surface area contributed by atoms with Crippen LogP contribution in [0.25, 0.3) is 0 Å². The summed E-state index contributed by atoms with van der Waals surface area (Å²) in [6.45, 7) is 0.338.